The molecule has 4 heterocycles. The second kappa shape index (κ2) is 6.96. The molecule has 3 aliphatic heterocycles. The lowest BCUT2D eigenvalue weighted by Gasteiger charge is -2.27. The van der Waals surface area contributed by atoms with Crippen molar-refractivity contribution in [2.75, 3.05) is 37.0 Å². The number of aromatic nitrogens is 1. The van der Waals surface area contributed by atoms with Crippen molar-refractivity contribution in [3.8, 4) is 11.6 Å². The zero-order valence-corrected chi connectivity index (χ0v) is 15.6. The predicted molar refractivity (Wildman–Crippen MR) is 105 cm³/mol. The maximum atomic E-state index is 12.9. The molecule has 0 radical (unpaired) electrons. The van der Waals surface area contributed by atoms with Crippen LogP contribution in [0.15, 0.2) is 36.4 Å². The summed E-state index contributed by atoms with van der Waals surface area (Å²) in [5, 5.41) is 3.31. The molecular weight excluding hydrogens is 358 g/mol. The number of fused-ring (bicyclic) bond motifs is 3. The number of hydrogen-bond acceptors (Lipinski definition) is 7. The molecule has 2 aromatic rings. The number of carbonyl (C=O) groups excluding carboxylic acids is 1. The van der Waals surface area contributed by atoms with E-state index in [9.17, 15) is 4.79 Å². The highest BCUT2D eigenvalue weighted by atomic mass is 16.5. The fourth-order valence-electron chi connectivity index (χ4n) is 4.14. The molecule has 3 atom stereocenters. The van der Waals surface area contributed by atoms with Crippen LogP contribution in [0.1, 0.15) is 17.9 Å². The monoisotopic (exact) mass is 381 g/mol. The number of benzene rings is 1. The van der Waals surface area contributed by atoms with Gasteiger partial charge in [0.05, 0.1) is 13.2 Å². The van der Waals surface area contributed by atoms with Crippen LogP contribution in [0.4, 0.5) is 11.5 Å². The summed E-state index contributed by atoms with van der Waals surface area (Å²) in [6, 6.07) is 11.6. The topological polar surface area (TPSA) is 87.8 Å². The Bertz CT molecular complexity index is 905. The largest absolute Gasteiger partial charge is 0.497 e. The summed E-state index contributed by atoms with van der Waals surface area (Å²) in [7, 11) is 1.63. The van der Waals surface area contributed by atoms with Gasteiger partial charge in [0.2, 0.25) is 5.88 Å². The first-order valence-corrected chi connectivity index (χ1v) is 9.57. The molecule has 0 saturated carbocycles. The van der Waals surface area contributed by atoms with Gasteiger partial charge < -0.3 is 14.8 Å². The normalized spacial score (nSPS) is 25.8. The fraction of sp³-hybridized carbons (Fsp3) is 0.400. The van der Waals surface area contributed by atoms with Gasteiger partial charge in [-0.05, 0) is 30.7 Å². The first-order valence-electron chi connectivity index (χ1n) is 9.57. The number of hydrazine groups is 1. The first-order chi connectivity index (χ1) is 13.7. The molecule has 28 heavy (non-hydrogen) atoms. The molecule has 8 nitrogen and oxygen atoms in total. The summed E-state index contributed by atoms with van der Waals surface area (Å²) in [4.78, 5) is 19.3. The first kappa shape index (κ1) is 17.3. The molecular formula is C20H23N5O3. The van der Waals surface area contributed by atoms with Crippen molar-refractivity contribution in [2.24, 2.45) is 0 Å². The van der Waals surface area contributed by atoms with Crippen LogP contribution in [0, 0.1) is 0 Å². The zero-order valence-electron chi connectivity index (χ0n) is 15.6. The van der Waals surface area contributed by atoms with Gasteiger partial charge in [-0.15, -0.1) is 0 Å². The molecule has 0 spiro atoms. The van der Waals surface area contributed by atoms with E-state index in [1.54, 1.807) is 12.0 Å². The molecule has 2 saturated heterocycles. The van der Waals surface area contributed by atoms with Gasteiger partial charge in [0.1, 0.15) is 24.2 Å². The van der Waals surface area contributed by atoms with Crippen molar-refractivity contribution in [2.45, 2.75) is 24.4 Å². The summed E-state index contributed by atoms with van der Waals surface area (Å²) in [6.07, 6.45) is 0.716. The highest BCUT2D eigenvalue weighted by Crippen LogP contribution is 2.36. The second-order valence-corrected chi connectivity index (χ2v) is 7.32. The molecule has 5 rings (SSSR count). The smallest absolute Gasteiger partial charge is 0.250 e. The summed E-state index contributed by atoms with van der Waals surface area (Å²) in [5.74, 6) is 2.42. The summed E-state index contributed by atoms with van der Waals surface area (Å²) >= 11 is 0. The van der Waals surface area contributed by atoms with Crippen LogP contribution in [-0.4, -0.2) is 49.8 Å². The van der Waals surface area contributed by atoms with Crippen molar-refractivity contribution < 1.29 is 14.3 Å². The quantitative estimate of drug-likeness (QED) is 0.735. The van der Waals surface area contributed by atoms with Crippen LogP contribution in [0.2, 0.25) is 0 Å². The van der Waals surface area contributed by atoms with Gasteiger partial charge in [-0.1, -0.05) is 6.07 Å². The van der Waals surface area contributed by atoms with Gasteiger partial charge >= 0.3 is 0 Å². The van der Waals surface area contributed by atoms with E-state index in [0.717, 1.165) is 23.5 Å². The van der Waals surface area contributed by atoms with Crippen LogP contribution >= 0.6 is 0 Å². The van der Waals surface area contributed by atoms with Gasteiger partial charge in [-0.25, -0.2) is 0 Å². The van der Waals surface area contributed by atoms with Gasteiger partial charge in [0, 0.05) is 36.3 Å². The van der Waals surface area contributed by atoms with Crippen molar-refractivity contribution in [3.63, 3.8) is 0 Å². The molecule has 1 aromatic heterocycles. The molecule has 0 aliphatic carbocycles. The number of carbonyl (C=O) groups is 1. The van der Waals surface area contributed by atoms with Gasteiger partial charge in [-0.2, -0.15) is 4.98 Å². The van der Waals surface area contributed by atoms with Crippen LogP contribution in [0.25, 0.3) is 0 Å². The molecule has 1 aromatic carbocycles. The van der Waals surface area contributed by atoms with E-state index < -0.39 is 0 Å². The number of nitrogens with one attached hydrogen (secondary N) is 3. The minimum absolute atomic E-state index is 0.0214. The number of anilines is 2. The average molecular weight is 381 g/mol. The average Bonchev–Trinajstić information content (AvgIpc) is 3.35. The third kappa shape index (κ3) is 2.94. The van der Waals surface area contributed by atoms with Gasteiger partial charge in [0.15, 0.2) is 0 Å². The molecule has 2 fully saturated rings. The molecule has 1 amide bonds. The Morgan fingerprint density at radius 2 is 2.25 bits per heavy atom. The number of rotatable bonds is 4. The van der Waals surface area contributed by atoms with E-state index in [1.165, 1.54) is 0 Å². The lowest BCUT2D eigenvalue weighted by Crippen LogP contribution is -2.39. The predicted octanol–water partition coefficient (Wildman–Crippen LogP) is 1.26. The van der Waals surface area contributed by atoms with Crippen molar-refractivity contribution in [1.29, 1.82) is 0 Å². The number of hydrogen-bond donors (Lipinski definition) is 3. The Morgan fingerprint density at radius 1 is 1.32 bits per heavy atom. The minimum atomic E-state index is -0.279. The zero-order chi connectivity index (χ0) is 19.1. The van der Waals surface area contributed by atoms with Crippen molar-refractivity contribution in [3.05, 3.63) is 42.0 Å². The van der Waals surface area contributed by atoms with Crippen molar-refractivity contribution >= 4 is 17.4 Å². The van der Waals surface area contributed by atoms with E-state index in [1.807, 2.05) is 36.4 Å². The Balaban J connectivity index is 1.33. The lowest BCUT2D eigenvalue weighted by molar-refractivity contribution is -0.117. The van der Waals surface area contributed by atoms with E-state index >= 15 is 0 Å². The maximum absolute atomic E-state index is 12.9. The molecule has 0 bridgehead atoms. The number of pyridine rings is 1. The van der Waals surface area contributed by atoms with E-state index in [2.05, 4.69) is 21.2 Å². The van der Waals surface area contributed by atoms with Crippen molar-refractivity contribution in [1.82, 2.24) is 15.8 Å². The summed E-state index contributed by atoms with van der Waals surface area (Å²) in [6.45, 7) is 2.06. The highest BCUT2D eigenvalue weighted by Gasteiger charge is 2.37. The Hall–Kier alpha value is -2.84. The molecule has 3 N–H and O–H groups in total. The Kier molecular flexibility index (Phi) is 4.29. The standard InChI is InChI=1S/C20H23N5O3/c1-27-13-4-2-3-12(9-13)22-16-7-8-25(20(16)26)18-6-5-14-15-10-21-24-17(15)11-28-19(14)23-18/h2-6,9,15-17,21-22,24H,7-8,10-11H2,1H3. The fourth-order valence-corrected chi connectivity index (χ4v) is 4.14. The van der Waals surface area contributed by atoms with Gasteiger partial charge in [-0.3, -0.25) is 20.5 Å². The van der Waals surface area contributed by atoms with Gasteiger partial charge in [0.25, 0.3) is 5.91 Å². The Labute approximate surface area is 163 Å². The van der Waals surface area contributed by atoms with Crippen LogP contribution in [-0.2, 0) is 4.79 Å². The molecule has 146 valence electrons. The van der Waals surface area contributed by atoms with Crippen LogP contribution in [0.3, 0.4) is 0 Å². The lowest BCUT2D eigenvalue weighted by atomic mass is 9.92. The number of amides is 1. The third-order valence-corrected chi connectivity index (χ3v) is 5.66. The Morgan fingerprint density at radius 3 is 3.14 bits per heavy atom. The summed E-state index contributed by atoms with van der Waals surface area (Å²) in [5.41, 5.74) is 8.37. The summed E-state index contributed by atoms with van der Waals surface area (Å²) < 4.78 is 11.1. The number of nitrogens with zero attached hydrogens (tertiary/aromatic N) is 2. The van der Waals surface area contributed by atoms with E-state index in [0.29, 0.717) is 37.2 Å². The van der Waals surface area contributed by atoms with Crippen LogP contribution in [0.5, 0.6) is 11.6 Å². The second-order valence-electron chi connectivity index (χ2n) is 7.32. The molecule has 3 unspecified atom stereocenters. The number of methoxy groups -OCH3 is 1. The third-order valence-electron chi connectivity index (χ3n) is 5.66. The van der Waals surface area contributed by atoms with E-state index in [4.69, 9.17) is 9.47 Å². The SMILES string of the molecule is COc1cccc(NC2CCN(c3ccc4c(n3)OCC3NNCC43)C2=O)c1. The molecule has 3 aliphatic rings. The van der Waals surface area contributed by atoms with Crippen LogP contribution < -0.4 is 30.5 Å². The molecule has 8 heteroatoms. The van der Waals surface area contributed by atoms with E-state index in [-0.39, 0.29) is 18.0 Å². The number of ether oxygens (including phenoxy) is 2. The highest BCUT2D eigenvalue weighted by molar-refractivity contribution is 6.00. The maximum Gasteiger partial charge on any atom is 0.250 e. The minimum Gasteiger partial charge on any atom is -0.497 e.